The number of benzene rings is 1. The van der Waals surface area contributed by atoms with Crippen molar-refractivity contribution < 1.29 is 14.3 Å². The van der Waals surface area contributed by atoms with Crippen LogP contribution in [0.1, 0.15) is 6.92 Å². The van der Waals surface area contributed by atoms with E-state index < -0.39 is 0 Å². The summed E-state index contributed by atoms with van der Waals surface area (Å²) in [6, 6.07) is 4.74. The largest absolute Gasteiger partial charge is 0.508 e. The monoisotopic (exact) mass is 179 g/mol. The highest BCUT2D eigenvalue weighted by atomic mass is 16.6. The van der Waals surface area contributed by atoms with Crippen LogP contribution in [0.25, 0.3) is 11.1 Å². The second-order valence-electron chi connectivity index (χ2n) is 2.56. The van der Waals surface area contributed by atoms with E-state index >= 15 is 0 Å². The molecule has 1 N–H and O–H groups in total. The van der Waals surface area contributed by atoms with Crippen molar-refractivity contribution in [3.8, 4) is 11.8 Å². The quantitative estimate of drug-likeness (QED) is 0.765. The van der Waals surface area contributed by atoms with Crippen molar-refractivity contribution >= 4 is 11.1 Å². The van der Waals surface area contributed by atoms with Crippen LogP contribution in [0, 0.1) is 0 Å². The molecule has 1 heterocycles. The van der Waals surface area contributed by atoms with Gasteiger partial charge in [0.05, 0.1) is 6.61 Å². The minimum atomic E-state index is 0.159. The van der Waals surface area contributed by atoms with Crippen LogP contribution in [0.4, 0.5) is 0 Å². The van der Waals surface area contributed by atoms with Crippen LogP contribution in [0.15, 0.2) is 22.6 Å². The molecule has 1 aromatic carbocycles. The number of fused-ring (bicyclic) bond motifs is 1. The first-order valence-corrected chi connectivity index (χ1v) is 4.02. The number of oxazole rings is 1. The first-order valence-electron chi connectivity index (χ1n) is 4.02. The van der Waals surface area contributed by atoms with Gasteiger partial charge in [-0.25, -0.2) is 0 Å². The predicted molar refractivity (Wildman–Crippen MR) is 46.8 cm³/mol. The number of hydrogen-bond donors (Lipinski definition) is 1. The third-order valence-electron chi connectivity index (χ3n) is 1.62. The number of hydrogen-bond acceptors (Lipinski definition) is 4. The molecule has 0 unspecified atom stereocenters. The van der Waals surface area contributed by atoms with Gasteiger partial charge in [0.25, 0.3) is 0 Å². The van der Waals surface area contributed by atoms with Gasteiger partial charge >= 0.3 is 6.08 Å². The molecule has 2 aromatic rings. The summed E-state index contributed by atoms with van der Waals surface area (Å²) in [6.45, 7) is 2.37. The van der Waals surface area contributed by atoms with Gasteiger partial charge in [0.15, 0.2) is 5.58 Å². The highest BCUT2D eigenvalue weighted by molar-refractivity contribution is 5.74. The Bertz CT molecular complexity index is 422. The van der Waals surface area contributed by atoms with E-state index in [4.69, 9.17) is 14.3 Å². The molecule has 1 aromatic heterocycles. The zero-order chi connectivity index (χ0) is 9.26. The van der Waals surface area contributed by atoms with Gasteiger partial charge in [-0.3, -0.25) is 0 Å². The van der Waals surface area contributed by atoms with Gasteiger partial charge in [-0.05, 0) is 19.1 Å². The molecule has 2 rings (SSSR count). The highest BCUT2D eigenvalue weighted by Crippen LogP contribution is 2.23. The first kappa shape index (κ1) is 7.91. The minimum Gasteiger partial charge on any atom is -0.508 e. The lowest BCUT2D eigenvalue weighted by atomic mass is 10.3. The summed E-state index contributed by atoms with van der Waals surface area (Å²) >= 11 is 0. The Kier molecular flexibility index (Phi) is 1.81. The number of rotatable bonds is 2. The number of phenolic OH excluding ortho intramolecular Hbond substituents is 1. The summed E-state index contributed by atoms with van der Waals surface area (Å²) in [5, 5.41) is 9.14. The Hall–Kier alpha value is -1.71. The Balaban J connectivity index is 2.49. The molecule has 0 aliphatic heterocycles. The van der Waals surface area contributed by atoms with E-state index in [1.54, 1.807) is 12.1 Å². The second-order valence-corrected chi connectivity index (χ2v) is 2.56. The molecule has 0 radical (unpaired) electrons. The molecular weight excluding hydrogens is 170 g/mol. The fraction of sp³-hybridized carbons (Fsp3) is 0.222. The van der Waals surface area contributed by atoms with Crippen LogP contribution in [-0.2, 0) is 0 Å². The molecule has 0 atom stereocenters. The summed E-state index contributed by atoms with van der Waals surface area (Å²) in [4.78, 5) is 4.04. The van der Waals surface area contributed by atoms with Crippen molar-refractivity contribution in [3.05, 3.63) is 18.2 Å². The van der Waals surface area contributed by atoms with Crippen molar-refractivity contribution in [2.24, 2.45) is 0 Å². The van der Waals surface area contributed by atoms with Crippen LogP contribution in [0.2, 0.25) is 0 Å². The fourth-order valence-corrected chi connectivity index (χ4v) is 1.08. The van der Waals surface area contributed by atoms with Gasteiger partial charge in [-0.15, -0.1) is 0 Å². The Labute approximate surface area is 74.8 Å². The number of aromatic hydroxyl groups is 1. The molecule has 0 bridgehead atoms. The number of ether oxygens (including phenoxy) is 1. The average molecular weight is 179 g/mol. The summed E-state index contributed by atoms with van der Waals surface area (Å²) in [5.41, 5.74) is 1.21. The summed E-state index contributed by atoms with van der Waals surface area (Å²) in [6.07, 6.45) is 0.239. The standard InChI is InChI=1S/C9H9NO3/c1-2-12-9-10-7-4-3-6(11)5-8(7)13-9/h3-5,11H,2H2,1H3. The first-order chi connectivity index (χ1) is 6.29. The third kappa shape index (κ3) is 1.42. The minimum absolute atomic E-state index is 0.159. The van der Waals surface area contributed by atoms with Crippen LogP contribution >= 0.6 is 0 Å². The zero-order valence-electron chi connectivity index (χ0n) is 7.15. The van der Waals surface area contributed by atoms with Gasteiger partial charge < -0.3 is 14.3 Å². The van der Waals surface area contributed by atoms with Crippen molar-refractivity contribution in [1.82, 2.24) is 4.98 Å². The lowest BCUT2D eigenvalue weighted by Crippen LogP contribution is -1.89. The van der Waals surface area contributed by atoms with E-state index in [-0.39, 0.29) is 11.8 Å². The molecule has 0 amide bonds. The van der Waals surface area contributed by atoms with Crippen molar-refractivity contribution in [1.29, 1.82) is 0 Å². The molecule has 0 aliphatic carbocycles. The lowest BCUT2D eigenvalue weighted by molar-refractivity contribution is 0.251. The van der Waals surface area contributed by atoms with E-state index in [1.807, 2.05) is 6.92 Å². The van der Waals surface area contributed by atoms with E-state index in [1.165, 1.54) is 6.07 Å². The van der Waals surface area contributed by atoms with Crippen LogP contribution < -0.4 is 4.74 Å². The molecule has 0 saturated carbocycles. The molecule has 13 heavy (non-hydrogen) atoms. The van der Waals surface area contributed by atoms with Crippen molar-refractivity contribution in [2.45, 2.75) is 6.92 Å². The van der Waals surface area contributed by atoms with Crippen LogP contribution in [-0.4, -0.2) is 16.7 Å². The normalized spacial score (nSPS) is 10.5. The number of phenols is 1. The smallest absolute Gasteiger partial charge is 0.394 e. The summed E-state index contributed by atoms with van der Waals surface area (Å²) < 4.78 is 10.3. The van der Waals surface area contributed by atoms with Crippen molar-refractivity contribution in [2.75, 3.05) is 6.61 Å². The molecule has 0 spiro atoms. The number of aromatic nitrogens is 1. The van der Waals surface area contributed by atoms with Gasteiger partial charge in [0.2, 0.25) is 0 Å². The molecule has 4 nitrogen and oxygen atoms in total. The molecule has 4 heteroatoms. The Morgan fingerprint density at radius 3 is 3.15 bits per heavy atom. The Morgan fingerprint density at radius 2 is 2.38 bits per heavy atom. The zero-order valence-corrected chi connectivity index (χ0v) is 7.15. The second kappa shape index (κ2) is 2.97. The van der Waals surface area contributed by atoms with Gasteiger partial charge in [0, 0.05) is 6.07 Å². The lowest BCUT2D eigenvalue weighted by Gasteiger charge is -1.91. The molecule has 0 aliphatic rings. The van der Waals surface area contributed by atoms with E-state index in [9.17, 15) is 0 Å². The van der Waals surface area contributed by atoms with Gasteiger partial charge in [0.1, 0.15) is 11.3 Å². The maximum atomic E-state index is 9.14. The maximum Gasteiger partial charge on any atom is 0.394 e. The average Bonchev–Trinajstić information content (AvgIpc) is 2.46. The van der Waals surface area contributed by atoms with Gasteiger partial charge in [-0.2, -0.15) is 4.98 Å². The van der Waals surface area contributed by atoms with Crippen molar-refractivity contribution in [3.63, 3.8) is 0 Å². The van der Waals surface area contributed by atoms with Gasteiger partial charge in [-0.1, -0.05) is 0 Å². The summed E-state index contributed by atoms with van der Waals surface area (Å²) in [7, 11) is 0. The van der Waals surface area contributed by atoms with E-state index in [2.05, 4.69) is 4.98 Å². The predicted octanol–water partition coefficient (Wildman–Crippen LogP) is 1.93. The van der Waals surface area contributed by atoms with Crippen LogP contribution in [0.5, 0.6) is 11.8 Å². The van der Waals surface area contributed by atoms with Crippen LogP contribution in [0.3, 0.4) is 0 Å². The molecule has 68 valence electrons. The fourth-order valence-electron chi connectivity index (χ4n) is 1.08. The molecule has 0 saturated heterocycles. The number of nitrogens with zero attached hydrogens (tertiary/aromatic N) is 1. The topological polar surface area (TPSA) is 55.5 Å². The Morgan fingerprint density at radius 1 is 1.54 bits per heavy atom. The third-order valence-corrected chi connectivity index (χ3v) is 1.62. The molecular formula is C9H9NO3. The van der Waals surface area contributed by atoms with E-state index in [0.29, 0.717) is 17.7 Å². The SMILES string of the molecule is CCOc1nc2ccc(O)cc2o1. The highest BCUT2D eigenvalue weighted by Gasteiger charge is 2.05. The molecule has 0 fully saturated rings. The summed E-state index contributed by atoms with van der Waals surface area (Å²) in [5.74, 6) is 0.159. The van der Waals surface area contributed by atoms with E-state index in [0.717, 1.165) is 0 Å². The maximum absolute atomic E-state index is 9.14.